The lowest BCUT2D eigenvalue weighted by atomic mass is 9.85. The summed E-state index contributed by atoms with van der Waals surface area (Å²) in [6.45, 7) is 18.4. The third-order valence-electron chi connectivity index (χ3n) is 14.3. The van der Waals surface area contributed by atoms with Crippen molar-refractivity contribution in [2.45, 2.75) is 109 Å². The molecule has 4 fully saturated rings. The van der Waals surface area contributed by atoms with Crippen molar-refractivity contribution in [1.29, 1.82) is 0 Å². The Morgan fingerprint density at radius 1 is 0.972 bits per heavy atom. The van der Waals surface area contributed by atoms with Crippen molar-refractivity contribution in [3.63, 3.8) is 0 Å². The summed E-state index contributed by atoms with van der Waals surface area (Å²) in [4.78, 5) is 84.7. The van der Waals surface area contributed by atoms with Crippen LogP contribution in [0, 0.1) is 18.3 Å². The van der Waals surface area contributed by atoms with Gasteiger partial charge in [0.15, 0.2) is 0 Å². The van der Waals surface area contributed by atoms with Crippen LogP contribution in [0.15, 0.2) is 60.5 Å². The minimum absolute atomic E-state index is 0.0114. The number of carbonyl (C=O) groups excluding carboxylic acids is 5. The molecule has 2 aromatic heterocycles. The fraction of sp³-hybridized carbons (Fsp3) is 0.510. The number of anilines is 1. The molecule has 5 amide bonds. The first-order chi connectivity index (χ1) is 33.5. The van der Waals surface area contributed by atoms with Gasteiger partial charge in [0.05, 0.1) is 36.7 Å². The molecule has 3 N–H and O–H groups in total. The molecule has 5 atom stereocenters. The van der Waals surface area contributed by atoms with Gasteiger partial charge in [0, 0.05) is 72.2 Å². The number of nitrogens with one attached hydrogen (secondary N) is 3. The molecule has 0 radical (unpaired) electrons. The Balaban J connectivity index is 1.12. The summed E-state index contributed by atoms with van der Waals surface area (Å²) >= 11 is 1.47. The lowest BCUT2D eigenvalue weighted by Crippen LogP contribution is -2.59. The Labute approximate surface area is 418 Å². The molecule has 8 rings (SSSR count). The van der Waals surface area contributed by atoms with E-state index in [1.54, 1.807) is 48.1 Å². The SMILES string of the molecule is C=C[C@@H]1C[C@]1(NC(=O)[C@@H]1C[C@@H](Oc2cc(-c3nc(C(C)C)cs3)nc3c(C)c(OC)ccc23)CN1C(=O)[C@@H](Nc1cccc(C(=O)N2CCN(C(=O)OC)CC2)c1)C(C)(C)C)C(=O)NS(=O)(=O)C1(C)CC1. The third-order valence-corrected chi connectivity index (χ3v) is 17.3. The van der Waals surface area contributed by atoms with Gasteiger partial charge in [-0.1, -0.05) is 46.8 Å². The summed E-state index contributed by atoms with van der Waals surface area (Å²) in [6, 6.07) is 10.2. The molecule has 4 aromatic rings. The molecule has 2 saturated heterocycles. The van der Waals surface area contributed by atoms with E-state index in [1.165, 1.54) is 29.4 Å². The molecule has 4 heterocycles. The molecule has 0 unspecified atom stereocenters. The summed E-state index contributed by atoms with van der Waals surface area (Å²) in [5.74, 6) is -1.47. The van der Waals surface area contributed by atoms with Gasteiger partial charge in [0.2, 0.25) is 21.8 Å². The molecule has 0 bridgehead atoms. The van der Waals surface area contributed by atoms with E-state index < -0.39 is 73.6 Å². The van der Waals surface area contributed by atoms with E-state index in [1.807, 2.05) is 51.3 Å². The average molecular weight is 1010 g/mol. The van der Waals surface area contributed by atoms with E-state index in [9.17, 15) is 27.6 Å². The highest BCUT2D eigenvalue weighted by molar-refractivity contribution is 7.91. The Bertz CT molecular complexity index is 2890. The number of sulfonamides is 1. The van der Waals surface area contributed by atoms with Crippen LogP contribution in [0.4, 0.5) is 10.5 Å². The van der Waals surface area contributed by atoms with Crippen LogP contribution in [0.25, 0.3) is 21.6 Å². The average Bonchev–Trinajstić information content (AvgIpc) is 4.13. The Morgan fingerprint density at radius 2 is 1.68 bits per heavy atom. The number of carbonyl (C=O) groups is 5. The monoisotopic (exact) mass is 1010 g/mol. The minimum atomic E-state index is -4.05. The minimum Gasteiger partial charge on any atom is -0.496 e. The summed E-state index contributed by atoms with van der Waals surface area (Å²) in [6.07, 6.45) is 1.25. The molecule has 2 saturated carbocycles. The lowest BCUT2D eigenvalue weighted by molar-refractivity contribution is -0.141. The molecule has 2 aromatic carbocycles. The standard InChI is InChI=1S/C51H64N8O10S2/c1-11-32-26-51(32,47(63)56-71(65,66)50(8)17-18-50)55-43(60)38-24-34(69-40-25-36(44-54-37(28-70-44)29(2)3)53-41-30(4)39(67-9)16-15-35(40)41)27-59(38)46(62)42(49(5,6)7)52-33-14-12-13-31(23-33)45(61)57-19-21-58(22-20-57)48(64)68-10/h11-16,23,25,28-29,32,34,38,42,52H,1,17-22,24,26-27H2,2-10H3,(H,55,60)(H,56,63)/t32-,34-,38+,42-,51-/m1/s1. The molecule has 4 aliphatic rings. The molecule has 18 nitrogen and oxygen atoms in total. The predicted molar refractivity (Wildman–Crippen MR) is 270 cm³/mol. The van der Waals surface area contributed by atoms with Gasteiger partial charge in [-0.15, -0.1) is 17.9 Å². The normalized spacial score (nSPS) is 22.1. The van der Waals surface area contributed by atoms with Crippen LogP contribution in [0.2, 0.25) is 0 Å². The highest BCUT2D eigenvalue weighted by Crippen LogP contribution is 2.47. The predicted octanol–water partition coefficient (Wildman–Crippen LogP) is 6.26. The number of amides is 5. The molecule has 2 aliphatic heterocycles. The van der Waals surface area contributed by atoms with Crippen molar-refractivity contribution in [2.75, 3.05) is 52.3 Å². The topological polar surface area (TPSA) is 219 Å². The molecule has 71 heavy (non-hydrogen) atoms. The van der Waals surface area contributed by atoms with E-state index >= 15 is 4.79 Å². The van der Waals surface area contributed by atoms with Crippen LogP contribution < -0.4 is 24.8 Å². The summed E-state index contributed by atoms with van der Waals surface area (Å²) in [5.41, 5.74) is 1.41. The van der Waals surface area contributed by atoms with E-state index in [2.05, 4.69) is 35.8 Å². The molecular weight excluding hydrogens is 949 g/mol. The van der Waals surface area contributed by atoms with Crippen LogP contribution in [0.1, 0.15) is 94.8 Å². The van der Waals surface area contributed by atoms with Gasteiger partial charge >= 0.3 is 6.09 Å². The second-order valence-electron chi connectivity index (χ2n) is 20.7. The number of nitrogens with zero attached hydrogens (tertiary/aromatic N) is 5. The quantitative estimate of drug-likeness (QED) is 0.112. The smallest absolute Gasteiger partial charge is 0.409 e. The van der Waals surface area contributed by atoms with E-state index in [-0.39, 0.29) is 31.2 Å². The first-order valence-corrected chi connectivity index (χ1v) is 26.3. The van der Waals surface area contributed by atoms with Crippen LogP contribution in [0.5, 0.6) is 11.5 Å². The van der Waals surface area contributed by atoms with E-state index in [4.69, 9.17) is 24.2 Å². The highest BCUT2D eigenvalue weighted by Gasteiger charge is 2.63. The van der Waals surface area contributed by atoms with Crippen LogP contribution in [-0.4, -0.2) is 138 Å². The second kappa shape index (κ2) is 19.4. The number of aromatic nitrogens is 2. The van der Waals surface area contributed by atoms with Gasteiger partial charge in [0.1, 0.15) is 45.9 Å². The van der Waals surface area contributed by atoms with Gasteiger partial charge in [-0.25, -0.2) is 23.2 Å². The zero-order valence-corrected chi connectivity index (χ0v) is 43.4. The molecule has 2 aliphatic carbocycles. The van der Waals surface area contributed by atoms with Gasteiger partial charge in [-0.05, 0) is 74.8 Å². The van der Waals surface area contributed by atoms with Crippen LogP contribution >= 0.6 is 11.3 Å². The lowest BCUT2D eigenvalue weighted by Gasteiger charge is -2.36. The maximum atomic E-state index is 15.4. The van der Waals surface area contributed by atoms with Gasteiger partial charge in [-0.2, -0.15) is 0 Å². The van der Waals surface area contributed by atoms with Crippen molar-refractivity contribution >= 4 is 67.7 Å². The summed E-state index contributed by atoms with van der Waals surface area (Å²) < 4.78 is 45.2. The fourth-order valence-corrected chi connectivity index (χ4v) is 11.5. The number of hydrogen-bond donors (Lipinski definition) is 3. The molecule has 20 heteroatoms. The molecule has 380 valence electrons. The van der Waals surface area contributed by atoms with E-state index in [0.717, 1.165) is 11.3 Å². The number of fused-ring (bicyclic) bond motifs is 1. The number of pyridine rings is 1. The number of thiazole rings is 1. The van der Waals surface area contributed by atoms with Crippen molar-refractivity contribution in [3.8, 4) is 22.2 Å². The largest absolute Gasteiger partial charge is 0.496 e. The number of rotatable bonds is 15. The Kier molecular flexibility index (Phi) is 13.9. The second-order valence-corrected chi connectivity index (χ2v) is 23.7. The van der Waals surface area contributed by atoms with Gasteiger partial charge in [-0.3, -0.25) is 23.9 Å². The maximum Gasteiger partial charge on any atom is 0.409 e. The molecule has 0 spiro atoms. The van der Waals surface area contributed by atoms with Gasteiger partial charge < -0.3 is 39.5 Å². The first kappa shape index (κ1) is 51.1. The maximum absolute atomic E-state index is 15.4. The van der Waals surface area contributed by atoms with Crippen molar-refractivity contribution in [2.24, 2.45) is 11.3 Å². The third kappa shape index (κ3) is 10.1. The van der Waals surface area contributed by atoms with Crippen molar-refractivity contribution in [1.82, 2.24) is 34.7 Å². The van der Waals surface area contributed by atoms with Crippen LogP contribution in [0.3, 0.4) is 0 Å². The number of benzene rings is 2. The molecular formula is C51H64N8O10S2. The van der Waals surface area contributed by atoms with Crippen molar-refractivity contribution in [3.05, 3.63) is 77.3 Å². The summed E-state index contributed by atoms with van der Waals surface area (Å²) in [5, 5.41) is 9.67. The zero-order chi connectivity index (χ0) is 51.4. The number of likely N-dealkylation sites (tertiary alicyclic amines) is 1. The van der Waals surface area contributed by atoms with E-state index in [0.29, 0.717) is 83.4 Å². The zero-order valence-electron chi connectivity index (χ0n) is 41.8. The number of aryl methyl sites for hydroxylation is 1. The Hall–Kier alpha value is -6.28. The highest BCUT2D eigenvalue weighted by atomic mass is 32.2. The first-order valence-electron chi connectivity index (χ1n) is 23.9. The number of ether oxygens (including phenoxy) is 3. The summed E-state index contributed by atoms with van der Waals surface area (Å²) in [7, 11) is -1.14. The van der Waals surface area contributed by atoms with Crippen LogP contribution in [-0.2, 0) is 29.1 Å². The number of hydrogen-bond acceptors (Lipinski definition) is 14. The number of piperazine rings is 1. The van der Waals surface area contributed by atoms with Gasteiger partial charge in [0.25, 0.3) is 11.8 Å². The fourth-order valence-electron chi connectivity index (χ4n) is 9.28. The Morgan fingerprint density at radius 3 is 2.28 bits per heavy atom. The number of methoxy groups -OCH3 is 2. The van der Waals surface area contributed by atoms with Crippen molar-refractivity contribution < 1.29 is 46.6 Å².